The van der Waals surface area contributed by atoms with E-state index in [1.165, 1.54) is 128 Å². The smallest absolute Gasteiger partial charge is 0.128 e. The first-order chi connectivity index (χ1) is 21.2. The van der Waals surface area contributed by atoms with E-state index in [4.69, 9.17) is 9.47 Å². The van der Waals surface area contributed by atoms with Crippen LogP contribution in [-0.2, 0) is 0 Å². The molecule has 0 bridgehead atoms. The molecule has 0 aromatic heterocycles. The maximum absolute atomic E-state index is 10.4. The van der Waals surface area contributed by atoms with Crippen LogP contribution >= 0.6 is 0 Å². The summed E-state index contributed by atoms with van der Waals surface area (Å²) < 4.78 is 11.8. The van der Waals surface area contributed by atoms with Gasteiger partial charge in [0.25, 0.3) is 0 Å². The summed E-state index contributed by atoms with van der Waals surface area (Å²) in [5.74, 6) is 1.78. The zero-order valence-corrected chi connectivity index (χ0v) is 27.8. The van der Waals surface area contributed by atoms with Crippen LogP contribution in [0.1, 0.15) is 161 Å². The largest absolute Gasteiger partial charge is 0.507 e. The van der Waals surface area contributed by atoms with Crippen LogP contribution in [0.3, 0.4) is 0 Å². The van der Waals surface area contributed by atoms with Crippen molar-refractivity contribution in [2.45, 2.75) is 155 Å². The van der Waals surface area contributed by atoms with E-state index in [-0.39, 0.29) is 5.75 Å². The maximum Gasteiger partial charge on any atom is 0.128 e. The summed E-state index contributed by atoms with van der Waals surface area (Å²) in [4.78, 5) is 4.53. The number of nitrogens with zero attached hydrogens (tertiary/aromatic N) is 1. The predicted octanol–water partition coefficient (Wildman–Crippen LogP) is 12.5. The van der Waals surface area contributed by atoms with Crippen molar-refractivity contribution in [3.63, 3.8) is 0 Å². The molecule has 0 heterocycles. The molecule has 4 heteroatoms. The lowest BCUT2D eigenvalue weighted by molar-refractivity contribution is 0.302. The fraction of sp³-hybridized carbons (Fsp3) is 0.667. The number of benzene rings is 2. The molecule has 0 atom stereocenters. The highest BCUT2D eigenvalue weighted by Crippen LogP contribution is 2.24. The third kappa shape index (κ3) is 19.4. The van der Waals surface area contributed by atoms with E-state index in [0.717, 1.165) is 30.9 Å². The summed E-state index contributed by atoms with van der Waals surface area (Å²) in [7, 11) is 0. The lowest BCUT2D eigenvalue weighted by atomic mass is 10.0. The van der Waals surface area contributed by atoms with Gasteiger partial charge in [-0.05, 0) is 49.2 Å². The van der Waals surface area contributed by atoms with Gasteiger partial charge in [-0.15, -0.1) is 0 Å². The van der Waals surface area contributed by atoms with Gasteiger partial charge in [-0.1, -0.05) is 142 Å². The van der Waals surface area contributed by atoms with E-state index in [1.807, 2.05) is 36.4 Å². The molecule has 0 aliphatic carbocycles. The first-order valence-electron chi connectivity index (χ1n) is 18.0. The molecule has 43 heavy (non-hydrogen) atoms. The quantitative estimate of drug-likeness (QED) is 0.0788. The summed E-state index contributed by atoms with van der Waals surface area (Å²) in [6.45, 7) is 5.99. The first-order valence-corrected chi connectivity index (χ1v) is 18.0. The van der Waals surface area contributed by atoms with Crippen molar-refractivity contribution < 1.29 is 14.6 Å². The Kier molecular flexibility index (Phi) is 22.2. The SMILES string of the molecule is CCCCCCCCCCCCCCCCOc1ccc(N=Cc2ccc(OCCCCCCCCCC)cc2O)cc1. The minimum atomic E-state index is 0.185. The summed E-state index contributed by atoms with van der Waals surface area (Å²) in [6.07, 6.45) is 31.0. The Morgan fingerprint density at radius 2 is 0.907 bits per heavy atom. The minimum absolute atomic E-state index is 0.185. The maximum atomic E-state index is 10.4. The van der Waals surface area contributed by atoms with E-state index in [9.17, 15) is 5.11 Å². The molecular formula is C39H63NO3. The van der Waals surface area contributed by atoms with Crippen LogP contribution in [0.25, 0.3) is 0 Å². The van der Waals surface area contributed by atoms with Crippen LogP contribution in [0.4, 0.5) is 5.69 Å². The van der Waals surface area contributed by atoms with Gasteiger partial charge < -0.3 is 14.6 Å². The Morgan fingerprint density at radius 3 is 1.35 bits per heavy atom. The fourth-order valence-corrected chi connectivity index (χ4v) is 5.41. The molecule has 2 rings (SSSR count). The monoisotopic (exact) mass is 593 g/mol. The average Bonchev–Trinajstić information content (AvgIpc) is 3.02. The number of aliphatic imine (C=N–C) groups is 1. The highest BCUT2D eigenvalue weighted by atomic mass is 16.5. The van der Waals surface area contributed by atoms with Crippen molar-refractivity contribution in [3.8, 4) is 17.2 Å². The third-order valence-corrected chi connectivity index (χ3v) is 8.22. The van der Waals surface area contributed by atoms with Crippen LogP contribution in [0, 0.1) is 0 Å². The van der Waals surface area contributed by atoms with Gasteiger partial charge in [0.2, 0.25) is 0 Å². The van der Waals surface area contributed by atoms with Gasteiger partial charge in [0, 0.05) is 17.8 Å². The van der Waals surface area contributed by atoms with Crippen LogP contribution in [0.15, 0.2) is 47.5 Å². The molecule has 2 aromatic carbocycles. The summed E-state index contributed by atoms with van der Waals surface area (Å²) in [6, 6.07) is 13.3. The van der Waals surface area contributed by atoms with Gasteiger partial charge in [0.1, 0.15) is 17.2 Å². The number of hydrogen-bond donors (Lipinski definition) is 1. The zero-order valence-electron chi connectivity index (χ0n) is 27.8. The second-order valence-corrected chi connectivity index (χ2v) is 12.2. The van der Waals surface area contributed by atoms with Crippen molar-refractivity contribution in [1.29, 1.82) is 0 Å². The van der Waals surface area contributed by atoms with Crippen LogP contribution in [0.5, 0.6) is 17.2 Å². The van der Waals surface area contributed by atoms with Crippen molar-refractivity contribution in [2.24, 2.45) is 4.99 Å². The van der Waals surface area contributed by atoms with E-state index in [1.54, 1.807) is 12.3 Å². The molecule has 0 unspecified atom stereocenters. The van der Waals surface area contributed by atoms with Gasteiger partial charge in [-0.2, -0.15) is 0 Å². The molecule has 242 valence electrons. The van der Waals surface area contributed by atoms with Crippen molar-refractivity contribution in [2.75, 3.05) is 13.2 Å². The average molecular weight is 594 g/mol. The molecule has 2 aromatic rings. The zero-order chi connectivity index (χ0) is 30.6. The molecule has 0 radical (unpaired) electrons. The number of hydrogen-bond acceptors (Lipinski definition) is 4. The Bertz CT molecular complexity index is 940. The van der Waals surface area contributed by atoms with E-state index in [2.05, 4.69) is 18.8 Å². The molecule has 0 saturated heterocycles. The van der Waals surface area contributed by atoms with Gasteiger partial charge in [-0.25, -0.2) is 0 Å². The highest BCUT2D eigenvalue weighted by molar-refractivity contribution is 5.85. The molecule has 1 N–H and O–H groups in total. The van der Waals surface area contributed by atoms with Gasteiger partial charge in [-0.3, -0.25) is 4.99 Å². The van der Waals surface area contributed by atoms with Crippen LogP contribution in [-0.4, -0.2) is 24.5 Å². The van der Waals surface area contributed by atoms with Crippen LogP contribution in [0.2, 0.25) is 0 Å². The van der Waals surface area contributed by atoms with Gasteiger partial charge in [0.05, 0.1) is 18.9 Å². The lowest BCUT2D eigenvalue weighted by Gasteiger charge is -2.08. The number of unbranched alkanes of at least 4 members (excludes halogenated alkanes) is 20. The molecule has 0 saturated carbocycles. The number of phenolic OH excluding ortho intramolecular Hbond substituents is 1. The summed E-state index contributed by atoms with van der Waals surface area (Å²) in [5, 5.41) is 10.4. The topological polar surface area (TPSA) is 51.0 Å². The van der Waals surface area contributed by atoms with Crippen molar-refractivity contribution >= 4 is 11.9 Å². The second-order valence-electron chi connectivity index (χ2n) is 12.2. The lowest BCUT2D eigenvalue weighted by Crippen LogP contribution is -1.97. The molecule has 0 aliphatic rings. The molecule has 0 aliphatic heterocycles. The van der Waals surface area contributed by atoms with Gasteiger partial charge >= 0.3 is 0 Å². The molecule has 4 nitrogen and oxygen atoms in total. The molecule has 0 spiro atoms. The van der Waals surface area contributed by atoms with Crippen molar-refractivity contribution in [3.05, 3.63) is 48.0 Å². The Balaban J connectivity index is 1.51. The van der Waals surface area contributed by atoms with Crippen LogP contribution < -0.4 is 9.47 Å². The second kappa shape index (κ2) is 26.0. The van der Waals surface area contributed by atoms with Crippen molar-refractivity contribution in [1.82, 2.24) is 0 Å². The van der Waals surface area contributed by atoms with E-state index >= 15 is 0 Å². The fourth-order valence-electron chi connectivity index (χ4n) is 5.41. The Hall–Kier alpha value is -2.49. The minimum Gasteiger partial charge on any atom is -0.507 e. The normalized spacial score (nSPS) is 11.4. The molecule has 0 amide bonds. The number of ether oxygens (including phenoxy) is 2. The number of rotatable bonds is 28. The summed E-state index contributed by atoms with van der Waals surface area (Å²) in [5.41, 5.74) is 1.51. The standard InChI is InChI=1S/C39H63NO3/c1-3-5-7-9-11-13-14-15-16-17-18-20-21-23-31-42-37-29-26-36(27-30-37)40-34-35-25-28-38(33-39(35)41)43-32-24-22-19-12-10-8-6-4-2/h25-30,33-34,41H,3-24,31-32H2,1-2H3. The number of phenols is 1. The third-order valence-electron chi connectivity index (χ3n) is 8.22. The predicted molar refractivity (Wildman–Crippen MR) is 186 cm³/mol. The Morgan fingerprint density at radius 1 is 0.512 bits per heavy atom. The highest BCUT2D eigenvalue weighted by Gasteiger charge is 2.03. The summed E-state index contributed by atoms with van der Waals surface area (Å²) >= 11 is 0. The Labute approximate surface area is 264 Å². The first kappa shape index (κ1) is 36.7. The number of aromatic hydroxyl groups is 1. The van der Waals surface area contributed by atoms with E-state index < -0.39 is 0 Å². The molecular weight excluding hydrogens is 530 g/mol. The molecule has 0 fully saturated rings. The van der Waals surface area contributed by atoms with E-state index in [0.29, 0.717) is 17.9 Å². The van der Waals surface area contributed by atoms with Gasteiger partial charge in [0.15, 0.2) is 0 Å².